The molecule has 86 valence electrons. The first-order valence-corrected chi connectivity index (χ1v) is 5.14. The van der Waals surface area contributed by atoms with Crippen LogP contribution in [0.2, 0.25) is 0 Å². The van der Waals surface area contributed by atoms with Gasteiger partial charge in [-0.3, -0.25) is 9.59 Å². The molecule has 2 N–H and O–H groups in total. The summed E-state index contributed by atoms with van der Waals surface area (Å²) in [6, 6.07) is 7.56. The van der Waals surface area contributed by atoms with Crippen LogP contribution in [0.25, 0.3) is 0 Å². The highest BCUT2D eigenvalue weighted by atomic mass is 16.2. The lowest BCUT2D eigenvalue weighted by Gasteiger charge is -2.22. The van der Waals surface area contributed by atoms with Crippen LogP contribution in [0, 0.1) is 6.92 Å². The number of rotatable bonds is 4. The number of aryl methyl sites for hydroxylation is 1. The smallest absolute Gasteiger partial charge is 0.223 e. The average molecular weight is 220 g/mol. The van der Waals surface area contributed by atoms with E-state index in [1.807, 2.05) is 31.2 Å². The molecule has 0 saturated heterocycles. The van der Waals surface area contributed by atoms with Crippen molar-refractivity contribution in [2.24, 2.45) is 5.73 Å². The number of benzene rings is 1. The zero-order valence-electron chi connectivity index (χ0n) is 9.56. The molecule has 0 atom stereocenters. The summed E-state index contributed by atoms with van der Waals surface area (Å²) >= 11 is 0. The van der Waals surface area contributed by atoms with Gasteiger partial charge in [0.15, 0.2) is 0 Å². The molecule has 2 amide bonds. The second-order valence-corrected chi connectivity index (χ2v) is 3.67. The molecule has 0 fully saturated rings. The summed E-state index contributed by atoms with van der Waals surface area (Å²) in [4.78, 5) is 23.8. The number of hydrogen-bond acceptors (Lipinski definition) is 2. The fourth-order valence-corrected chi connectivity index (χ4v) is 1.54. The van der Waals surface area contributed by atoms with Crippen LogP contribution in [0.1, 0.15) is 18.9 Å². The summed E-state index contributed by atoms with van der Waals surface area (Å²) in [5.41, 5.74) is 6.91. The molecule has 16 heavy (non-hydrogen) atoms. The highest BCUT2D eigenvalue weighted by molar-refractivity contribution is 5.93. The van der Waals surface area contributed by atoms with E-state index in [0.717, 1.165) is 11.3 Å². The van der Waals surface area contributed by atoms with Crippen LogP contribution in [-0.4, -0.2) is 18.4 Å². The van der Waals surface area contributed by atoms with Crippen molar-refractivity contribution in [1.29, 1.82) is 0 Å². The average Bonchev–Trinajstić information content (AvgIpc) is 2.20. The standard InChI is InChI=1S/C12H16N2O2/c1-9-5-3-4-6-11(9)14(10(2)15)8-7-12(13)16/h3-6H,7-8H2,1-2H3,(H2,13,16). The van der Waals surface area contributed by atoms with Crippen LogP contribution < -0.4 is 10.6 Å². The molecule has 4 nitrogen and oxygen atoms in total. The number of nitrogens with two attached hydrogens (primary N) is 1. The number of primary amides is 1. The van der Waals surface area contributed by atoms with E-state index in [0.29, 0.717) is 6.54 Å². The Hall–Kier alpha value is -1.84. The Morgan fingerprint density at radius 3 is 2.44 bits per heavy atom. The van der Waals surface area contributed by atoms with E-state index >= 15 is 0 Å². The molecular weight excluding hydrogens is 204 g/mol. The van der Waals surface area contributed by atoms with Gasteiger partial charge in [0.05, 0.1) is 0 Å². The van der Waals surface area contributed by atoms with E-state index in [1.54, 1.807) is 4.90 Å². The van der Waals surface area contributed by atoms with E-state index in [4.69, 9.17) is 5.73 Å². The molecule has 0 radical (unpaired) electrons. The largest absolute Gasteiger partial charge is 0.370 e. The molecule has 0 aliphatic rings. The highest BCUT2D eigenvalue weighted by Crippen LogP contribution is 2.19. The van der Waals surface area contributed by atoms with E-state index in [2.05, 4.69) is 0 Å². The van der Waals surface area contributed by atoms with E-state index in [-0.39, 0.29) is 12.3 Å². The Labute approximate surface area is 95.0 Å². The predicted octanol–water partition coefficient (Wildman–Crippen LogP) is 1.22. The molecule has 1 aromatic rings. The van der Waals surface area contributed by atoms with Crippen LogP contribution in [0.5, 0.6) is 0 Å². The number of carbonyl (C=O) groups is 2. The van der Waals surface area contributed by atoms with Gasteiger partial charge in [0.1, 0.15) is 0 Å². The van der Waals surface area contributed by atoms with Gasteiger partial charge >= 0.3 is 0 Å². The Morgan fingerprint density at radius 2 is 1.94 bits per heavy atom. The summed E-state index contributed by atoms with van der Waals surface area (Å²) in [6.45, 7) is 3.73. The number of anilines is 1. The third-order valence-electron chi connectivity index (χ3n) is 2.37. The maximum absolute atomic E-state index is 11.5. The van der Waals surface area contributed by atoms with Crippen LogP contribution >= 0.6 is 0 Å². The Kier molecular flexibility index (Phi) is 4.05. The van der Waals surface area contributed by atoms with Gasteiger partial charge in [-0.05, 0) is 18.6 Å². The molecule has 0 unspecified atom stereocenters. The molecule has 0 saturated carbocycles. The lowest BCUT2D eigenvalue weighted by molar-refractivity contribution is -0.118. The third kappa shape index (κ3) is 3.08. The Bertz CT molecular complexity index is 402. The fraction of sp³-hybridized carbons (Fsp3) is 0.333. The zero-order chi connectivity index (χ0) is 12.1. The molecule has 4 heteroatoms. The minimum atomic E-state index is -0.403. The SMILES string of the molecule is CC(=O)N(CCC(N)=O)c1ccccc1C. The van der Waals surface area contributed by atoms with Gasteiger partial charge in [-0.2, -0.15) is 0 Å². The molecule has 0 bridgehead atoms. The van der Waals surface area contributed by atoms with Crippen molar-refractivity contribution in [3.05, 3.63) is 29.8 Å². The highest BCUT2D eigenvalue weighted by Gasteiger charge is 2.13. The van der Waals surface area contributed by atoms with Crippen LogP contribution in [0.15, 0.2) is 24.3 Å². The normalized spacial score (nSPS) is 9.88. The maximum Gasteiger partial charge on any atom is 0.223 e. The van der Waals surface area contributed by atoms with Crippen LogP contribution in [0.4, 0.5) is 5.69 Å². The minimum absolute atomic E-state index is 0.0875. The molecule has 1 rings (SSSR count). The van der Waals surface area contributed by atoms with E-state index < -0.39 is 5.91 Å². The molecular formula is C12H16N2O2. The van der Waals surface area contributed by atoms with Crippen molar-refractivity contribution >= 4 is 17.5 Å². The summed E-state index contributed by atoms with van der Waals surface area (Å²) in [7, 11) is 0. The minimum Gasteiger partial charge on any atom is -0.370 e. The second-order valence-electron chi connectivity index (χ2n) is 3.67. The van der Waals surface area contributed by atoms with Crippen molar-refractivity contribution < 1.29 is 9.59 Å². The molecule has 1 aromatic carbocycles. The number of para-hydroxylation sites is 1. The summed E-state index contributed by atoms with van der Waals surface area (Å²) in [5, 5.41) is 0. The number of hydrogen-bond donors (Lipinski definition) is 1. The van der Waals surface area contributed by atoms with Crippen molar-refractivity contribution in [3.8, 4) is 0 Å². The Balaban J connectivity index is 2.90. The topological polar surface area (TPSA) is 63.4 Å². The third-order valence-corrected chi connectivity index (χ3v) is 2.37. The summed E-state index contributed by atoms with van der Waals surface area (Å²) in [5.74, 6) is -0.490. The molecule has 0 aromatic heterocycles. The monoisotopic (exact) mass is 220 g/mol. The van der Waals surface area contributed by atoms with Gasteiger partial charge in [-0.15, -0.1) is 0 Å². The van der Waals surface area contributed by atoms with Gasteiger partial charge < -0.3 is 10.6 Å². The fourth-order valence-electron chi connectivity index (χ4n) is 1.54. The lowest BCUT2D eigenvalue weighted by atomic mass is 10.1. The van der Waals surface area contributed by atoms with Gasteiger partial charge in [-0.1, -0.05) is 18.2 Å². The van der Waals surface area contributed by atoms with Crippen LogP contribution in [0.3, 0.4) is 0 Å². The van der Waals surface area contributed by atoms with Crippen molar-refractivity contribution in [2.45, 2.75) is 20.3 Å². The zero-order valence-corrected chi connectivity index (χ0v) is 9.56. The first kappa shape index (κ1) is 12.2. The molecule has 0 aliphatic carbocycles. The first-order chi connectivity index (χ1) is 7.52. The van der Waals surface area contributed by atoms with E-state index in [9.17, 15) is 9.59 Å². The van der Waals surface area contributed by atoms with Crippen molar-refractivity contribution in [2.75, 3.05) is 11.4 Å². The molecule has 0 aliphatic heterocycles. The number of nitrogens with zero attached hydrogens (tertiary/aromatic N) is 1. The summed E-state index contributed by atoms with van der Waals surface area (Å²) in [6.07, 6.45) is 0.175. The maximum atomic E-state index is 11.5. The molecule has 0 spiro atoms. The van der Waals surface area contributed by atoms with E-state index in [1.165, 1.54) is 6.92 Å². The van der Waals surface area contributed by atoms with Crippen molar-refractivity contribution in [1.82, 2.24) is 0 Å². The first-order valence-electron chi connectivity index (χ1n) is 5.14. The van der Waals surface area contributed by atoms with Crippen LogP contribution in [-0.2, 0) is 9.59 Å². The lowest BCUT2D eigenvalue weighted by Crippen LogP contribution is -2.32. The van der Waals surface area contributed by atoms with Crippen molar-refractivity contribution in [3.63, 3.8) is 0 Å². The number of amides is 2. The quantitative estimate of drug-likeness (QED) is 0.829. The Morgan fingerprint density at radius 1 is 1.31 bits per heavy atom. The van der Waals surface area contributed by atoms with Gasteiger partial charge in [-0.25, -0.2) is 0 Å². The molecule has 0 heterocycles. The van der Waals surface area contributed by atoms with Gasteiger partial charge in [0.2, 0.25) is 11.8 Å². The number of carbonyl (C=O) groups excluding carboxylic acids is 2. The van der Waals surface area contributed by atoms with Gasteiger partial charge in [0.25, 0.3) is 0 Å². The summed E-state index contributed by atoms with van der Waals surface area (Å²) < 4.78 is 0. The second kappa shape index (κ2) is 5.30. The van der Waals surface area contributed by atoms with Gasteiger partial charge in [0, 0.05) is 25.6 Å². The predicted molar refractivity (Wildman–Crippen MR) is 63.0 cm³/mol.